The topological polar surface area (TPSA) is 38.3 Å². The quantitative estimate of drug-likeness (QED) is 0.695. The molecule has 0 aromatic carbocycles. The van der Waals surface area contributed by atoms with Gasteiger partial charge in [-0.15, -0.1) is 0 Å². The Balaban J connectivity index is 1.81. The fourth-order valence-electron chi connectivity index (χ4n) is 1.71. The summed E-state index contributed by atoms with van der Waals surface area (Å²) in [4.78, 5) is 8.16. The van der Waals surface area contributed by atoms with Crippen LogP contribution in [0.15, 0.2) is 49.1 Å². The molecule has 15 heavy (non-hydrogen) atoms. The second-order valence-corrected chi connectivity index (χ2v) is 3.55. The molecule has 0 N–H and O–H groups in total. The van der Waals surface area contributed by atoms with Gasteiger partial charge in [0.1, 0.15) is 12.2 Å². The zero-order chi connectivity index (χ0) is 10.1. The second-order valence-electron chi connectivity index (χ2n) is 3.55. The number of ether oxygens (including phenoxy) is 1. The minimum Gasteiger partial charge on any atom is -0.359 e. The van der Waals surface area contributed by atoms with E-state index < -0.39 is 0 Å². The van der Waals surface area contributed by atoms with Gasteiger partial charge in [0.25, 0.3) is 0 Å². The van der Waals surface area contributed by atoms with E-state index >= 15 is 0 Å². The van der Waals surface area contributed by atoms with Crippen LogP contribution in [0.4, 0.5) is 0 Å². The summed E-state index contributed by atoms with van der Waals surface area (Å²) in [6.45, 7) is 0. The third-order valence-electron chi connectivity index (χ3n) is 2.52. The Kier molecular flexibility index (Phi) is 1.96. The molecular weight excluding hydrogens is 188 g/mol. The summed E-state index contributed by atoms with van der Waals surface area (Å²) in [7, 11) is 0. The molecule has 0 amide bonds. The van der Waals surface area contributed by atoms with Gasteiger partial charge in [-0.1, -0.05) is 12.1 Å². The fraction of sp³-hybridized carbons (Fsp3) is 0.167. The average Bonchev–Trinajstić information content (AvgIpc) is 3.11. The Labute approximate surface area is 87.8 Å². The minimum atomic E-state index is 0.155. The van der Waals surface area contributed by atoms with E-state index in [1.54, 1.807) is 12.4 Å². The maximum atomic E-state index is 5.61. The Hall–Kier alpha value is -1.74. The van der Waals surface area contributed by atoms with Crippen molar-refractivity contribution >= 4 is 0 Å². The van der Waals surface area contributed by atoms with Gasteiger partial charge in [-0.2, -0.15) is 0 Å². The molecule has 0 spiro atoms. The van der Waals surface area contributed by atoms with E-state index in [-0.39, 0.29) is 12.2 Å². The molecule has 74 valence electrons. The highest BCUT2D eigenvalue weighted by Crippen LogP contribution is 2.50. The second kappa shape index (κ2) is 3.44. The predicted molar refractivity (Wildman–Crippen MR) is 55.0 cm³/mol. The van der Waals surface area contributed by atoms with Crippen molar-refractivity contribution in [2.45, 2.75) is 12.2 Å². The maximum Gasteiger partial charge on any atom is 0.115 e. The molecule has 3 heterocycles. The molecule has 0 saturated carbocycles. The molecule has 2 atom stereocenters. The molecule has 0 aliphatic carbocycles. The maximum absolute atomic E-state index is 5.61. The molecule has 3 heteroatoms. The molecule has 3 rings (SSSR count). The summed E-state index contributed by atoms with van der Waals surface area (Å²) < 4.78 is 5.61. The van der Waals surface area contributed by atoms with Crippen LogP contribution >= 0.6 is 0 Å². The normalized spacial score (nSPS) is 23.7. The lowest BCUT2D eigenvalue weighted by molar-refractivity contribution is 0.377. The van der Waals surface area contributed by atoms with E-state index in [2.05, 4.69) is 9.97 Å². The largest absolute Gasteiger partial charge is 0.359 e. The molecule has 0 radical (unpaired) electrons. The van der Waals surface area contributed by atoms with Gasteiger partial charge in [-0.3, -0.25) is 9.97 Å². The number of aromatic nitrogens is 2. The Morgan fingerprint density at radius 1 is 0.867 bits per heavy atom. The summed E-state index contributed by atoms with van der Waals surface area (Å²) in [6.07, 6.45) is 7.55. The lowest BCUT2D eigenvalue weighted by Crippen LogP contribution is -1.85. The molecular formula is C12H10N2O. The highest BCUT2D eigenvalue weighted by atomic mass is 16.6. The third kappa shape index (κ3) is 1.62. The first kappa shape index (κ1) is 8.56. The van der Waals surface area contributed by atoms with Crippen LogP contribution in [0.5, 0.6) is 0 Å². The molecule has 1 aliphatic rings. The lowest BCUT2D eigenvalue weighted by atomic mass is 10.1. The molecule has 1 aliphatic heterocycles. The predicted octanol–water partition coefficient (Wildman–Crippen LogP) is 2.29. The van der Waals surface area contributed by atoms with Crippen molar-refractivity contribution in [1.82, 2.24) is 9.97 Å². The summed E-state index contributed by atoms with van der Waals surface area (Å²) >= 11 is 0. The van der Waals surface area contributed by atoms with Crippen molar-refractivity contribution in [1.29, 1.82) is 0 Å². The van der Waals surface area contributed by atoms with Crippen LogP contribution in [0.1, 0.15) is 23.3 Å². The molecule has 2 aromatic heterocycles. The van der Waals surface area contributed by atoms with E-state index in [1.807, 2.05) is 36.7 Å². The molecule has 1 fully saturated rings. The van der Waals surface area contributed by atoms with Gasteiger partial charge in [-0.25, -0.2) is 0 Å². The van der Waals surface area contributed by atoms with Gasteiger partial charge in [0, 0.05) is 35.9 Å². The highest BCUT2D eigenvalue weighted by molar-refractivity contribution is 5.26. The van der Waals surface area contributed by atoms with Crippen molar-refractivity contribution < 1.29 is 4.74 Å². The van der Waals surface area contributed by atoms with Crippen molar-refractivity contribution in [3.8, 4) is 0 Å². The van der Waals surface area contributed by atoms with E-state index in [1.165, 1.54) is 0 Å². The van der Waals surface area contributed by atoms with Gasteiger partial charge < -0.3 is 4.74 Å². The Bertz CT molecular complexity index is 400. The van der Waals surface area contributed by atoms with E-state index in [0.717, 1.165) is 11.1 Å². The Morgan fingerprint density at radius 2 is 1.40 bits per heavy atom. The smallest absolute Gasteiger partial charge is 0.115 e. The highest BCUT2D eigenvalue weighted by Gasteiger charge is 2.41. The van der Waals surface area contributed by atoms with Crippen molar-refractivity contribution in [2.24, 2.45) is 0 Å². The van der Waals surface area contributed by atoms with Crippen molar-refractivity contribution in [2.75, 3.05) is 0 Å². The van der Waals surface area contributed by atoms with E-state index in [4.69, 9.17) is 4.74 Å². The van der Waals surface area contributed by atoms with Crippen LogP contribution < -0.4 is 0 Å². The number of nitrogens with zero attached hydrogens (tertiary/aromatic N) is 2. The first-order valence-corrected chi connectivity index (χ1v) is 4.90. The standard InChI is InChI=1S/C12H10N2O/c1-3-9(7-13-5-1)11-12(15-11)10-4-2-6-14-8-10/h1-8,11-12H. The van der Waals surface area contributed by atoms with Crippen LogP contribution in [0.3, 0.4) is 0 Å². The number of epoxide rings is 1. The molecule has 3 nitrogen and oxygen atoms in total. The molecule has 2 unspecified atom stereocenters. The number of pyridine rings is 2. The van der Waals surface area contributed by atoms with Gasteiger partial charge in [0.2, 0.25) is 0 Å². The van der Waals surface area contributed by atoms with Crippen LogP contribution in [-0.2, 0) is 4.74 Å². The molecule has 2 aromatic rings. The number of rotatable bonds is 2. The van der Waals surface area contributed by atoms with E-state index in [0.29, 0.717) is 0 Å². The summed E-state index contributed by atoms with van der Waals surface area (Å²) in [6, 6.07) is 7.93. The fourth-order valence-corrected chi connectivity index (χ4v) is 1.71. The number of hydrogen-bond donors (Lipinski definition) is 0. The van der Waals surface area contributed by atoms with Crippen molar-refractivity contribution in [3.63, 3.8) is 0 Å². The van der Waals surface area contributed by atoms with Crippen LogP contribution in [0, 0.1) is 0 Å². The van der Waals surface area contributed by atoms with Gasteiger partial charge in [0.15, 0.2) is 0 Å². The van der Waals surface area contributed by atoms with Crippen LogP contribution in [0.2, 0.25) is 0 Å². The van der Waals surface area contributed by atoms with Crippen LogP contribution in [-0.4, -0.2) is 9.97 Å². The summed E-state index contributed by atoms with van der Waals surface area (Å²) in [5.41, 5.74) is 2.26. The first-order chi connectivity index (χ1) is 7.45. The summed E-state index contributed by atoms with van der Waals surface area (Å²) in [5.74, 6) is 0. The van der Waals surface area contributed by atoms with Gasteiger partial charge >= 0.3 is 0 Å². The monoisotopic (exact) mass is 198 g/mol. The van der Waals surface area contributed by atoms with E-state index in [9.17, 15) is 0 Å². The molecule has 0 bridgehead atoms. The summed E-state index contributed by atoms with van der Waals surface area (Å²) in [5, 5.41) is 0. The van der Waals surface area contributed by atoms with Gasteiger partial charge in [-0.05, 0) is 12.1 Å². The zero-order valence-corrected chi connectivity index (χ0v) is 8.08. The Morgan fingerprint density at radius 3 is 1.80 bits per heavy atom. The average molecular weight is 198 g/mol. The van der Waals surface area contributed by atoms with Crippen LogP contribution in [0.25, 0.3) is 0 Å². The third-order valence-corrected chi connectivity index (χ3v) is 2.52. The SMILES string of the molecule is c1cncc(C2OC2c2cccnc2)c1. The minimum absolute atomic E-state index is 0.155. The lowest BCUT2D eigenvalue weighted by Gasteiger charge is -1.94. The van der Waals surface area contributed by atoms with Gasteiger partial charge in [0.05, 0.1) is 0 Å². The molecule has 1 saturated heterocycles. The number of hydrogen-bond acceptors (Lipinski definition) is 3. The zero-order valence-electron chi connectivity index (χ0n) is 8.08. The van der Waals surface area contributed by atoms with Crippen molar-refractivity contribution in [3.05, 3.63) is 60.2 Å². The first-order valence-electron chi connectivity index (χ1n) is 4.90.